The van der Waals surface area contributed by atoms with Crippen molar-refractivity contribution in [3.8, 4) is 0 Å². The summed E-state index contributed by atoms with van der Waals surface area (Å²) in [5.41, 5.74) is 0. The van der Waals surface area contributed by atoms with Crippen LogP contribution in [0, 0.1) is 0 Å². The normalized spacial score (nSPS) is 7.20. The molecule has 0 unspecified atom stereocenters. The SMILES string of the molecule is CC.CC.CCOC(C)C. The third-order valence-electron chi connectivity index (χ3n) is 0.500. The molecule has 0 bridgehead atoms. The average Bonchev–Trinajstić information content (AvgIpc) is 1.96. The van der Waals surface area contributed by atoms with Crippen LogP contribution in [-0.4, -0.2) is 12.7 Å². The first kappa shape index (κ1) is 16.5. The molecular formula is C9H24O. The lowest BCUT2D eigenvalue weighted by Gasteiger charge is -2.00. The second-order valence-electron chi connectivity index (χ2n) is 1.50. The molecule has 0 radical (unpaired) electrons. The number of hydrogen-bond acceptors (Lipinski definition) is 1. The molecule has 0 heterocycles. The van der Waals surface area contributed by atoms with E-state index in [-0.39, 0.29) is 0 Å². The van der Waals surface area contributed by atoms with Gasteiger partial charge >= 0.3 is 0 Å². The number of hydrogen-bond donors (Lipinski definition) is 0. The monoisotopic (exact) mass is 148 g/mol. The summed E-state index contributed by atoms with van der Waals surface area (Å²) >= 11 is 0. The highest BCUT2D eigenvalue weighted by Gasteiger charge is 1.83. The van der Waals surface area contributed by atoms with Crippen LogP contribution in [0.3, 0.4) is 0 Å². The summed E-state index contributed by atoms with van der Waals surface area (Å²) in [5.74, 6) is 0. The molecular weight excluding hydrogens is 124 g/mol. The standard InChI is InChI=1S/C5H12O.2C2H6/c1-4-6-5(2)3;2*1-2/h5H,4H2,1-3H3;2*1-2H3. The Kier molecular flexibility index (Phi) is 38.1. The van der Waals surface area contributed by atoms with Gasteiger partial charge in [-0.2, -0.15) is 0 Å². The van der Waals surface area contributed by atoms with Crippen LogP contribution in [0.4, 0.5) is 0 Å². The van der Waals surface area contributed by atoms with Crippen LogP contribution < -0.4 is 0 Å². The van der Waals surface area contributed by atoms with Gasteiger partial charge in [0.25, 0.3) is 0 Å². The van der Waals surface area contributed by atoms with Gasteiger partial charge < -0.3 is 4.74 Å². The topological polar surface area (TPSA) is 9.23 Å². The van der Waals surface area contributed by atoms with E-state index in [0.29, 0.717) is 6.10 Å². The van der Waals surface area contributed by atoms with E-state index in [0.717, 1.165) is 6.61 Å². The minimum atomic E-state index is 0.398. The maximum absolute atomic E-state index is 5.04. The van der Waals surface area contributed by atoms with E-state index in [1.54, 1.807) is 0 Å². The first-order valence-corrected chi connectivity index (χ1v) is 4.39. The quantitative estimate of drug-likeness (QED) is 0.582. The van der Waals surface area contributed by atoms with Crippen LogP contribution in [0.2, 0.25) is 0 Å². The van der Waals surface area contributed by atoms with E-state index in [9.17, 15) is 0 Å². The van der Waals surface area contributed by atoms with Gasteiger partial charge in [-0.05, 0) is 20.8 Å². The third-order valence-corrected chi connectivity index (χ3v) is 0.500. The molecule has 0 aliphatic rings. The maximum atomic E-state index is 5.04. The predicted octanol–water partition coefficient (Wildman–Crippen LogP) is 3.48. The van der Waals surface area contributed by atoms with Crippen molar-refractivity contribution in [1.29, 1.82) is 0 Å². The highest BCUT2D eigenvalue weighted by atomic mass is 16.5. The molecule has 0 saturated carbocycles. The van der Waals surface area contributed by atoms with E-state index in [4.69, 9.17) is 4.74 Å². The second-order valence-corrected chi connectivity index (χ2v) is 1.50. The van der Waals surface area contributed by atoms with Gasteiger partial charge in [0.1, 0.15) is 0 Å². The van der Waals surface area contributed by atoms with Gasteiger partial charge in [-0.3, -0.25) is 0 Å². The van der Waals surface area contributed by atoms with Gasteiger partial charge in [0.2, 0.25) is 0 Å². The van der Waals surface area contributed by atoms with Gasteiger partial charge in [-0.1, -0.05) is 27.7 Å². The van der Waals surface area contributed by atoms with E-state index in [2.05, 4.69) is 0 Å². The Morgan fingerprint density at radius 1 is 1.00 bits per heavy atom. The molecule has 0 aromatic heterocycles. The summed E-state index contributed by atoms with van der Waals surface area (Å²) in [6, 6.07) is 0. The van der Waals surface area contributed by atoms with Crippen molar-refractivity contribution >= 4 is 0 Å². The second kappa shape index (κ2) is 23.1. The molecule has 0 saturated heterocycles. The Morgan fingerprint density at radius 3 is 1.30 bits per heavy atom. The molecule has 0 rings (SSSR count). The Labute approximate surface area is 66.8 Å². The molecule has 0 aliphatic carbocycles. The summed E-state index contributed by atoms with van der Waals surface area (Å²) in [6.07, 6.45) is 0.398. The van der Waals surface area contributed by atoms with Crippen LogP contribution in [0.15, 0.2) is 0 Å². The molecule has 66 valence electrons. The molecule has 0 aromatic carbocycles. The first-order valence-electron chi connectivity index (χ1n) is 4.39. The summed E-state index contributed by atoms with van der Waals surface area (Å²) in [5, 5.41) is 0. The maximum Gasteiger partial charge on any atom is 0.0518 e. The fraction of sp³-hybridized carbons (Fsp3) is 1.00. The largest absolute Gasteiger partial charge is 0.379 e. The van der Waals surface area contributed by atoms with E-state index in [1.807, 2.05) is 48.5 Å². The van der Waals surface area contributed by atoms with Gasteiger partial charge in [0.15, 0.2) is 0 Å². The third kappa shape index (κ3) is 44.0. The van der Waals surface area contributed by atoms with E-state index >= 15 is 0 Å². The van der Waals surface area contributed by atoms with Crippen molar-refractivity contribution in [2.24, 2.45) is 0 Å². The first-order chi connectivity index (χ1) is 4.77. The molecule has 0 aromatic rings. The molecule has 0 amide bonds. The molecule has 0 aliphatic heterocycles. The molecule has 0 N–H and O–H groups in total. The Hall–Kier alpha value is -0.0400. The summed E-state index contributed by atoms with van der Waals surface area (Å²) in [7, 11) is 0. The van der Waals surface area contributed by atoms with E-state index in [1.165, 1.54) is 0 Å². The van der Waals surface area contributed by atoms with Crippen molar-refractivity contribution in [2.45, 2.75) is 54.6 Å². The van der Waals surface area contributed by atoms with Crippen molar-refractivity contribution in [2.75, 3.05) is 6.61 Å². The highest BCUT2D eigenvalue weighted by Crippen LogP contribution is 1.83. The van der Waals surface area contributed by atoms with Crippen LogP contribution >= 0.6 is 0 Å². The van der Waals surface area contributed by atoms with Crippen molar-refractivity contribution in [3.05, 3.63) is 0 Å². The minimum absolute atomic E-state index is 0.398. The predicted molar refractivity (Wildman–Crippen MR) is 49.5 cm³/mol. The fourth-order valence-corrected chi connectivity index (χ4v) is 0.333. The molecule has 1 heteroatoms. The van der Waals surface area contributed by atoms with Crippen molar-refractivity contribution in [3.63, 3.8) is 0 Å². The zero-order valence-electron chi connectivity index (χ0n) is 8.69. The van der Waals surface area contributed by atoms with Crippen LogP contribution in [0.5, 0.6) is 0 Å². The summed E-state index contributed by atoms with van der Waals surface area (Å²) in [6.45, 7) is 14.9. The zero-order valence-corrected chi connectivity index (χ0v) is 8.69. The van der Waals surface area contributed by atoms with Gasteiger partial charge in [-0.25, -0.2) is 0 Å². The summed E-state index contributed by atoms with van der Waals surface area (Å²) < 4.78 is 5.04. The summed E-state index contributed by atoms with van der Waals surface area (Å²) in [4.78, 5) is 0. The average molecular weight is 148 g/mol. The fourth-order valence-electron chi connectivity index (χ4n) is 0.333. The molecule has 0 spiro atoms. The van der Waals surface area contributed by atoms with Crippen LogP contribution in [-0.2, 0) is 4.74 Å². The molecule has 0 atom stereocenters. The highest BCUT2D eigenvalue weighted by molar-refractivity contribution is 4.30. The Morgan fingerprint density at radius 2 is 1.30 bits per heavy atom. The lowest BCUT2D eigenvalue weighted by Crippen LogP contribution is -1.99. The molecule has 0 fully saturated rings. The molecule has 10 heavy (non-hydrogen) atoms. The number of rotatable bonds is 2. The Bertz CT molecular complexity index is 25.9. The molecule has 1 nitrogen and oxygen atoms in total. The zero-order chi connectivity index (χ0) is 8.99. The smallest absolute Gasteiger partial charge is 0.0518 e. The number of ether oxygens (including phenoxy) is 1. The van der Waals surface area contributed by atoms with Gasteiger partial charge in [0, 0.05) is 6.61 Å². The minimum Gasteiger partial charge on any atom is -0.379 e. The Balaban J connectivity index is -0.000000105. The van der Waals surface area contributed by atoms with Gasteiger partial charge in [-0.15, -0.1) is 0 Å². The van der Waals surface area contributed by atoms with Crippen LogP contribution in [0.25, 0.3) is 0 Å². The van der Waals surface area contributed by atoms with Crippen LogP contribution in [0.1, 0.15) is 48.5 Å². The van der Waals surface area contributed by atoms with Crippen molar-refractivity contribution < 1.29 is 4.74 Å². The lowest BCUT2D eigenvalue weighted by atomic mass is 10.5. The van der Waals surface area contributed by atoms with Gasteiger partial charge in [0.05, 0.1) is 6.10 Å². The van der Waals surface area contributed by atoms with Crippen molar-refractivity contribution in [1.82, 2.24) is 0 Å². The lowest BCUT2D eigenvalue weighted by molar-refractivity contribution is 0.0899. The van der Waals surface area contributed by atoms with E-state index < -0.39 is 0 Å².